The Morgan fingerprint density at radius 1 is 0.471 bits per heavy atom. The van der Waals surface area contributed by atoms with Crippen LogP contribution in [-0.4, -0.2) is 109 Å². The predicted octanol–water partition coefficient (Wildman–Crippen LogP) is 3.60. The molecule has 0 bridgehead atoms. The van der Waals surface area contributed by atoms with Crippen LogP contribution in [0.4, 0.5) is 0 Å². The minimum atomic E-state index is -1.36. The number of methoxy groups -OCH3 is 5. The van der Waals surface area contributed by atoms with Gasteiger partial charge in [0.05, 0.1) is 34.0 Å². The van der Waals surface area contributed by atoms with Crippen LogP contribution in [0.1, 0.15) is 16.7 Å². The van der Waals surface area contributed by atoms with Crippen LogP contribution in [0.2, 0.25) is 0 Å². The van der Waals surface area contributed by atoms with Gasteiger partial charge in [0.1, 0.15) is 36.6 Å². The largest absolute Gasteiger partial charge is 0.467 e. The number of ether oxygens (including phenoxy) is 11. The predicted molar refractivity (Wildman–Crippen MR) is 180 cm³/mol. The topological polar surface area (TPSA) is 136 Å². The van der Waals surface area contributed by atoms with Gasteiger partial charge in [0, 0.05) is 21.3 Å². The van der Waals surface area contributed by atoms with E-state index in [1.54, 1.807) is 0 Å². The van der Waals surface area contributed by atoms with E-state index in [-0.39, 0.29) is 19.8 Å². The van der Waals surface area contributed by atoms with Gasteiger partial charge < -0.3 is 52.1 Å². The molecule has 2 unspecified atom stereocenters. The Hall–Kier alpha value is -3.76. The van der Waals surface area contributed by atoms with Crippen molar-refractivity contribution >= 4 is 11.9 Å². The van der Waals surface area contributed by atoms with E-state index >= 15 is 0 Å². The van der Waals surface area contributed by atoms with Gasteiger partial charge >= 0.3 is 11.9 Å². The molecule has 3 aromatic carbocycles. The van der Waals surface area contributed by atoms with Crippen molar-refractivity contribution in [3.8, 4) is 0 Å². The number of rotatable bonds is 16. The van der Waals surface area contributed by atoms with Gasteiger partial charge in [-0.1, -0.05) is 91.0 Å². The van der Waals surface area contributed by atoms with Gasteiger partial charge in [-0.05, 0) is 16.7 Å². The molecule has 0 N–H and O–H groups in total. The first-order valence-electron chi connectivity index (χ1n) is 16.6. The molecule has 0 amide bonds. The van der Waals surface area contributed by atoms with E-state index in [2.05, 4.69) is 0 Å². The molecule has 51 heavy (non-hydrogen) atoms. The lowest BCUT2D eigenvalue weighted by Gasteiger charge is -2.48. The summed E-state index contributed by atoms with van der Waals surface area (Å²) >= 11 is 0. The molecule has 2 aliphatic heterocycles. The fraction of sp³-hybridized carbons (Fsp3) is 0.474. The van der Waals surface area contributed by atoms with Crippen LogP contribution in [0.25, 0.3) is 0 Å². The van der Waals surface area contributed by atoms with Crippen molar-refractivity contribution in [3.05, 3.63) is 108 Å². The van der Waals surface area contributed by atoms with Gasteiger partial charge in [-0.15, -0.1) is 0 Å². The lowest BCUT2D eigenvalue weighted by molar-refractivity contribution is -0.362. The summed E-state index contributed by atoms with van der Waals surface area (Å²) in [5, 5.41) is 0. The molecule has 2 saturated heterocycles. The Balaban J connectivity index is 1.56. The molecule has 10 atom stereocenters. The third-order valence-electron chi connectivity index (χ3n) is 8.78. The van der Waals surface area contributed by atoms with Gasteiger partial charge in [0.2, 0.25) is 0 Å². The first kappa shape index (κ1) is 38.5. The van der Waals surface area contributed by atoms with Gasteiger partial charge in [-0.25, -0.2) is 9.59 Å². The summed E-state index contributed by atoms with van der Waals surface area (Å²) in [6.45, 7) is 0.392. The average molecular weight is 711 g/mol. The van der Waals surface area contributed by atoms with Crippen LogP contribution < -0.4 is 0 Å². The van der Waals surface area contributed by atoms with E-state index in [0.717, 1.165) is 16.7 Å². The molecule has 0 aliphatic carbocycles. The molecule has 0 radical (unpaired) electrons. The Morgan fingerprint density at radius 2 is 0.882 bits per heavy atom. The number of benzene rings is 3. The first-order valence-corrected chi connectivity index (χ1v) is 16.6. The summed E-state index contributed by atoms with van der Waals surface area (Å²) in [7, 11) is 6.81. The van der Waals surface area contributed by atoms with Crippen molar-refractivity contribution in [2.24, 2.45) is 0 Å². The maximum atomic E-state index is 13.5. The van der Waals surface area contributed by atoms with Crippen molar-refractivity contribution < 1.29 is 61.7 Å². The molecular weight excluding hydrogens is 664 g/mol. The summed E-state index contributed by atoms with van der Waals surface area (Å²) in [4.78, 5) is 26.7. The highest BCUT2D eigenvalue weighted by atomic mass is 16.8. The summed E-state index contributed by atoms with van der Waals surface area (Å²) in [6.07, 6.45) is -11.0. The van der Waals surface area contributed by atoms with E-state index in [4.69, 9.17) is 52.1 Å². The summed E-state index contributed by atoms with van der Waals surface area (Å²) < 4.78 is 66.1. The van der Waals surface area contributed by atoms with Crippen LogP contribution in [0.15, 0.2) is 91.0 Å². The molecule has 2 fully saturated rings. The van der Waals surface area contributed by atoms with Crippen LogP contribution in [0.3, 0.4) is 0 Å². The van der Waals surface area contributed by atoms with Crippen molar-refractivity contribution in [3.63, 3.8) is 0 Å². The number of hydrogen-bond acceptors (Lipinski definition) is 13. The van der Waals surface area contributed by atoms with Gasteiger partial charge in [-0.2, -0.15) is 0 Å². The summed E-state index contributed by atoms with van der Waals surface area (Å²) in [5.74, 6) is -1.47. The summed E-state index contributed by atoms with van der Waals surface area (Å²) in [5.41, 5.74) is 2.60. The standard InChI is InChI=1S/C38H46O13/c1-41-27-30(32(36(40)44-4)50-37(45-5)33(27)42-2)49-38-34(48-23-26-19-13-8-14-20-26)29(47-22-25-17-11-7-12-18-25)28(31(51-38)35(39)43-3)46-21-24-15-9-6-10-16-24/h6-20,27-34,37-38H,21-23H2,1-5H3/t27-,28+,29-,30+,31?,32?,33+,34+,37+,38-/m0/s1. The number of carbonyl (C=O) groups is 2. The molecule has 2 heterocycles. The Labute approximate surface area is 297 Å². The fourth-order valence-electron chi connectivity index (χ4n) is 6.20. The van der Waals surface area contributed by atoms with Crippen molar-refractivity contribution in [2.45, 2.75) is 81.2 Å². The quantitative estimate of drug-likeness (QED) is 0.201. The molecule has 13 nitrogen and oxygen atoms in total. The highest BCUT2D eigenvalue weighted by Gasteiger charge is 2.57. The smallest absolute Gasteiger partial charge is 0.337 e. The van der Waals surface area contributed by atoms with E-state index < -0.39 is 73.4 Å². The minimum absolute atomic E-state index is 0.121. The van der Waals surface area contributed by atoms with E-state index in [0.29, 0.717) is 0 Å². The lowest BCUT2D eigenvalue weighted by Crippen LogP contribution is -2.67. The number of hydrogen-bond donors (Lipinski definition) is 0. The van der Waals surface area contributed by atoms with Crippen LogP contribution in [0.5, 0.6) is 0 Å². The van der Waals surface area contributed by atoms with Crippen LogP contribution in [0, 0.1) is 0 Å². The maximum Gasteiger partial charge on any atom is 0.337 e. The Kier molecular flexibility index (Phi) is 14.5. The molecular formula is C38H46O13. The van der Waals surface area contributed by atoms with Gasteiger partial charge in [0.25, 0.3) is 0 Å². The fourth-order valence-corrected chi connectivity index (χ4v) is 6.20. The van der Waals surface area contributed by atoms with Gasteiger partial charge in [0.15, 0.2) is 24.8 Å². The Morgan fingerprint density at radius 3 is 1.31 bits per heavy atom. The third kappa shape index (κ3) is 9.57. The molecule has 0 spiro atoms. The van der Waals surface area contributed by atoms with Gasteiger partial charge in [-0.3, -0.25) is 0 Å². The first-order chi connectivity index (χ1) is 24.9. The SMILES string of the molecule is COC(=O)C1O[C@H](O[C@H]2C(C(=O)OC)O[C@@H](OC)[C@H](OC)[C@H]2OC)[C@H](OCc2ccccc2)[C@@H](OCc2ccccc2)[C@H]1OCc1ccccc1. The second-order valence-electron chi connectivity index (χ2n) is 11.9. The van der Waals surface area contributed by atoms with E-state index in [1.165, 1.54) is 35.5 Å². The second-order valence-corrected chi connectivity index (χ2v) is 11.9. The van der Waals surface area contributed by atoms with Crippen molar-refractivity contribution in [1.29, 1.82) is 0 Å². The highest BCUT2D eigenvalue weighted by Crippen LogP contribution is 2.36. The summed E-state index contributed by atoms with van der Waals surface area (Å²) in [6, 6.07) is 28.6. The molecule has 2 aliphatic rings. The minimum Gasteiger partial charge on any atom is -0.467 e. The molecule has 0 aromatic heterocycles. The van der Waals surface area contributed by atoms with E-state index in [9.17, 15) is 9.59 Å². The van der Waals surface area contributed by atoms with Crippen molar-refractivity contribution in [2.75, 3.05) is 35.5 Å². The van der Waals surface area contributed by atoms with E-state index in [1.807, 2.05) is 91.0 Å². The third-order valence-corrected chi connectivity index (χ3v) is 8.78. The molecule has 13 heteroatoms. The van der Waals surface area contributed by atoms with Crippen molar-refractivity contribution in [1.82, 2.24) is 0 Å². The Bertz CT molecular complexity index is 1480. The lowest BCUT2D eigenvalue weighted by atomic mass is 9.95. The van der Waals surface area contributed by atoms with Crippen LogP contribution in [-0.2, 0) is 81.5 Å². The molecule has 0 saturated carbocycles. The second kappa shape index (κ2) is 19.2. The molecule has 276 valence electrons. The van der Waals surface area contributed by atoms with Crippen LogP contribution >= 0.6 is 0 Å². The average Bonchev–Trinajstić information content (AvgIpc) is 3.18. The monoisotopic (exact) mass is 710 g/mol. The zero-order valence-electron chi connectivity index (χ0n) is 29.4. The number of esters is 2. The maximum absolute atomic E-state index is 13.5. The highest BCUT2D eigenvalue weighted by molar-refractivity contribution is 5.76. The zero-order chi connectivity index (χ0) is 36.2. The normalized spacial score (nSPS) is 29.3. The molecule has 5 rings (SSSR count). The molecule has 3 aromatic rings. The number of carbonyl (C=O) groups excluding carboxylic acids is 2. The zero-order valence-corrected chi connectivity index (χ0v) is 29.4.